The number of halogens is 1. The van der Waals surface area contributed by atoms with E-state index in [1.807, 2.05) is 24.4 Å². The normalized spacial score (nSPS) is 16.0. The molecule has 3 rings (SSSR count). The summed E-state index contributed by atoms with van der Waals surface area (Å²) < 4.78 is 2.12. The number of nitrogens with zero attached hydrogens (tertiary/aromatic N) is 3. The number of nitriles is 1. The Labute approximate surface area is 123 Å². The van der Waals surface area contributed by atoms with E-state index in [1.54, 1.807) is 6.07 Å². The highest BCUT2D eigenvalue weighted by Gasteiger charge is 2.19. The van der Waals surface area contributed by atoms with Gasteiger partial charge < -0.3 is 0 Å². The molecule has 3 nitrogen and oxygen atoms in total. The molecule has 1 heterocycles. The monoisotopic (exact) mass is 285 g/mol. The summed E-state index contributed by atoms with van der Waals surface area (Å²) in [4.78, 5) is 0. The lowest BCUT2D eigenvalue weighted by molar-refractivity contribution is 0.332. The van der Waals surface area contributed by atoms with E-state index in [1.165, 1.54) is 32.1 Å². The van der Waals surface area contributed by atoms with Crippen LogP contribution >= 0.6 is 11.6 Å². The van der Waals surface area contributed by atoms with Gasteiger partial charge in [0, 0.05) is 11.8 Å². The van der Waals surface area contributed by atoms with Crippen molar-refractivity contribution in [2.75, 3.05) is 0 Å². The third-order valence-electron chi connectivity index (χ3n) is 3.98. The first-order valence-corrected chi connectivity index (χ1v) is 7.41. The van der Waals surface area contributed by atoms with Crippen LogP contribution in [0.4, 0.5) is 0 Å². The van der Waals surface area contributed by atoms with E-state index < -0.39 is 0 Å². The smallest absolute Gasteiger partial charge is 0.101 e. The molecule has 0 N–H and O–H groups in total. The Bertz CT molecular complexity index is 648. The van der Waals surface area contributed by atoms with Gasteiger partial charge in [0.15, 0.2) is 0 Å². The lowest BCUT2D eigenvalue weighted by Gasteiger charge is -2.24. The molecule has 0 bridgehead atoms. The molecule has 102 valence electrons. The van der Waals surface area contributed by atoms with E-state index in [0.717, 1.165) is 11.3 Å². The average molecular weight is 286 g/mol. The summed E-state index contributed by atoms with van der Waals surface area (Å²) in [5.41, 5.74) is 2.62. The fraction of sp³-hybridized carbons (Fsp3) is 0.375. The van der Waals surface area contributed by atoms with Crippen LogP contribution in [0.2, 0.25) is 5.02 Å². The second-order valence-corrected chi connectivity index (χ2v) is 5.67. The van der Waals surface area contributed by atoms with Crippen molar-refractivity contribution in [2.24, 2.45) is 0 Å². The summed E-state index contributed by atoms with van der Waals surface area (Å²) in [6.07, 6.45) is 8.11. The van der Waals surface area contributed by atoms with Gasteiger partial charge in [-0.15, -0.1) is 0 Å². The summed E-state index contributed by atoms with van der Waals surface area (Å²) in [5, 5.41) is 13.9. The molecular formula is C16H16ClN3. The summed E-state index contributed by atoms with van der Waals surface area (Å²) in [6, 6.07) is 10.2. The molecule has 1 aliphatic rings. The zero-order valence-corrected chi connectivity index (χ0v) is 12.0. The molecule has 2 aromatic rings. The van der Waals surface area contributed by atoms with Gasteiger partial charge in [-0.1, -0.05) is 36.9 Å². The highest BCUT2D eigenvalue weighted by molar-refractivity contribution is 6.32. The fourth-order valence-corrected chi connectivity index (χ4v) is 3.15. The van der Waals surface area contributed by atoms with Crippen molar-refractivity contribution in [3.05, 3.63) is 41.0 Å². The Kier molecular flexibility index (Phi) is 3.75. The number of benzene rings is 1. The predicted octanol–water partition coefficient (Wildman–Crippen LogP) is 4.58. The van der Waals surface area contributed by atoms with Crippen molar-refractivity contribution in [2.45, 2.75) is 38.1 Å². The van der Waals surface area contributed by atoms with E-state index in [2.05, 4.69) is 15.8 Å². The Morgan fingerprint density at radius 2 is 2.00 bits per heavy atom. The van der Waals surface area contributed by atoms with Crippen molar-refractivity contribution in [1.82, 2.24) is 9.78 Å². The lowest BCUT2D eigenvalue weighted by atomic mass is 9.95. The van der Waals surface area contributed by atoms with Crippen molar-refractivity contribution in [3.63, 3.8) is 0 Å². The van der Waals surface area contributed by atoms with Gasteiger partial charge in [0.05, 0.1) is 22.3 Å². The Morgan fingerprint density at radius 3 is 2.70 bits per heavy atom. The molecule has 0 unspecified atom stereocenters. The first-order chi connectivity index (χ1) is 9.79. The second-order valence-electron chi connectivity index (χ2n) is 5.26. The van der Waals surface area contributed by atoms with E-state index in [0.29, 0.717) is 16.6 Å². The highest BCUT2D eigenvalue weighted by Crippen LogP contribution is 2.32. The number of hydrogen-bond donors (Lipinski definition) is 0. The summed E-state index contributed by atoms with van der Waals surface area (Å²) >= 11 is 6.13. The predicted molar refractivity (Wildman–Crippen MR) is 79.5 cm³/mol. The van der Waals surface area contributed by atoms with Crippen molar-refractivity contribution in [1.29, 1.82) is 5.26 Å². The van der Waals surface area contributed by atoms with Gasteiger partial charge in [0.2, 0.25) is 0 Å². The van der Waals surface area contributed by atoms with E-state index in [4.69, 9.17) is 16.9 Å². The van der Waals surface area contributed by atoms with E-state index in [-0.39, 0.29) is 0 Å². The van der Waals surface area contributed by atoms with Crippen LogP contribution in [0.25, 0.3) is 11.3 Å². The van der Waals surface area contributed by atoms with Crippen LogP contribution in [-0.2, 0) is 0 Å². The standard InChI is InChI=1S/C16H16ClN3/c17-15-10-12(6-7-13(15)11-18)16-8-9-19-20(16)14-4-2-1-3-5-14/h6-10,14H,1-5H2. The molecule has 1 aromatic heterocycles. The molecule has 0 atom stereocenters. The average Bonchev–Trinajstić information content (AvgIpc) is 2.97. The van der Waals surface area contributed by atoms with Crippen LogP contribution in [-0.4, -0.2) is 9.78 Å². The summed E-state index contributed by atoms with van der Waals surface area (Å²) in [5.74, 6) is 0. The Hall–Kier alpha value is -1.79. The van der Waals surface area contributed by atoms with Crippen molar-refractivity contribution >= 4 is 11.6 Å². The van der Waals surface area contributed by atoms with Gasteiger partial charge in [0.25, 0.3) is 0 Å². The molecular weight excluding hydrogens is 270 g/mol. The minimum Gasteiger partial charge on any atom is -0.262 e. The molecule has 0 radical (unpaired) electrons. The van der Waals surface area contributed by atoms with Crippen molar-refractivity contribution in [3.8, 4) is 17.3 Å². The summed E-state index contributed by atoms with van der Waals surface area (Å²) in [7, 11) is 0. The zero-order valence-electron chi connectivity index (χ0n) is 11.2. The second kappa shape index (κ2) is 5.68. The van der Waals surface area contributed by atoms with Crippen LogP contribution in [0.1, 0.15) is 43.7 Å². The molecule has 20 heavy (non-hydrogen) atoms. The molecule has 1 aliphatic carbocycles. The minimum absolute atomic E-state index is 0.489. The molecule has 0 amide bonds. The van der Waals surface area contributed by atoms with Crippen LogP contribution in [0.15, 0.2) is 30.5 Å². The molecule has 0 aliphatic heterocycles. The quantitative estimate of drug-likeness (QED) is 0.810. The van der Waals surface area contributed by atoms with Gasteiger partial charge in [-0.3, -0.25) is 4.68 Å². The molecule has 1 aromatic carbocycles. The van der Waals surface area contributed by atoms with Crippen LogP contribution in [0.3, 0.4) is 0 Å². The maximum Gasteiger partial charge on any atom is 0.101 e. The van der Waals surface area contributed by atoms with Gasteiger partial charge in [-0.25, -0.2) is 0 Å². The largest absolute Gasteiger partial charge is 0.262 e. The van der Waals surface area contributed by atoms with Crippen molar-refractivity contribution < 1.29 is 0 Å². The Balaban J connectivity index is 1.97. The number of hydrogen-bond acceptors (Lipinski definition) is 2. The Morgan fingerprint density at radius 1 is 1.20 bits per heavy atom. The topological polar surface area (TPSA) is 41.6 Å². The van der Waals surface area contributed by atoms with Crippen LogP contribution < -0.4 is 0 Å². The molecule has 0 spiro atoms. The molecule has 4 heteroatoms. The van der Waals surface area contributed by atoms with Gasteiger partial charge in [-0.05, 0) is 31.0 Å². The van der Waals surface area contributed by atoms with E-state index in [9.17, 15) is 0 Å². The van der Waals surface area contributed by atoms with Gasteiger partial charge >= 0.3 is 0 Å². The molecule has 0 saturated heterocycles. The minimum atomic E-state index is 0.489. The maximum atomic E-state index is 8.95. The van der Waals surface area contributed by atoms with Crippen LogP contribution in [0, 0.1) is 11.3 Å². The van der Waals surface area contributed by atoms with Gasteiger partial charge in [-0.2, -0.15) is 10.4 Å². The fourth-order valence-electron chi connectivity index (χ4n) is 2.92. The van der Waals surface area contributed by atoms with Gasteiger partial charge in [0.1, 0.15) is 6.07 Å². The number of aromatic nitrogens is 2. The lowest BCUT2D eigenvalue weighted by Crippen LogP contribution is -2.15. The first kappa shape index (κ1) is 13.2. The molecule has 1 saturated carbocycles. The van der Waals surface area contributed by atoms with E-state index >= 15 is 0 Å². The maximum absolute atomic E-state index is 8.95. The first-order valence-electron chi connectivity index (χ1n) is 7.03. The summed E-state index contributed by atoms with van der Waals surface area (Å²) in [6.45, 7) is 0. The third-order valence-corrected chi connectivity index (χ3v) is 4.29. The number of rotatable bonds is 2. The highest BCUT2D eigenvalue weighted by atomic mass is 35.5. The van der Waals surface area contributed by atoms with Crippen LogP contribution in [0.5, 0.6) is 0 Å². The molecule has 1 fully saturated rings. The SMILES string of the molecule is N#Cc1ccc(-c2ccnn2C2CCCCC2)cc1Cl. The zero-order chi connectivity index (χ0) is 13.9. The third kappa shape index (κ3) is 2.44.